The first-order valence-electron chi connectivity index (χ1n) is 10.3. The number of carbonyl (C=O) groups excluding carboxylic acids is 1. The number of hydrogen-bond donors (Lipinski definition) is 1. The van der Waals surface area contributed by atoms with E-state index in [0.29, 0.717) is 31.6 Å². The highest BCUT2D eigenvalue weighted by atomic mass is 16.6. The number of benzene rings is 1. The Morgan fingerprint density at radius 2 is 1.81 bits per heavy atom. The third-order valence-corrected chi connectivity index (χ3v) is 5.37. The van der Waals surface area contributed by atoms with Crippen LogP contribution in [0.2, 0.25) is 0 Å². The van der Waals surface area contributed by atoms with E-state index in [1.165, 1.54) is 10.9 Å². The lowest BCUT2D eigenvalue weighted by Gasteiger charge is -2.38. The first kappa shape index (κ1) is 21.0. The van der Waals surface area contributed by atoms with Crippen molar-refractivity contribution in [2.75, 3.05) is 13.1 Å². The van der Waals surface area contributed by atoms with Crippen LogP contribution in [0, 0.1) is 0 Å². The Labute approximate surface area is 179 Å². The molecule has 31 heavy (non-hydrogen) atoms. The van der Waals surface area contributed by atoms with Crippen molar-refractivity contribution in [3.63, 3.8) is 0 Å². The number of hydrogen-bond acceptors (Lipinski definition) is 6. The largest absolute Gasteiger partial charge is 0.444 e. The lowest BCUT2D eigenvalue weighted by Crippen LogP contribution is -2.50. The Morgan fingerprint density at radius 3 is 2.45 bits per heavy atom. The molecule has 3 aromatic rings. The van der Waals surface area contributed by atoms with E-state index in [0.717, 1.165) is 5.69 Å². The number of aromatic nitrogens is 4. The summed E-state index contributed by atoms with van der Waals surface area (Å²) in [6.07, 6.45) is 3.32. The highest BCUT2D eigenvalue weighted by molar-refractivity contribution is 5.71. The monoisotopic (exact) mass is 425 g/mol. The second-order valence-corrected chi connectivity index (χ2v) is 8.99. The number of amides is 1. The molecule has 1 aliphatic heterocycles. The maximum absolute atomic E-state index is 13.0. The maximum Gasteiger partial charge on any atom is 0.410 e. The van der Waals surface area contributed by atoms with Gasteiger partial charge < -0.3 is 14.7 Å². The molecule has 0 bridgehead atoms. The van der Waals surface area contributed by atoms with Crippen molar-refractivity contribution in [2.24, 2.45) is 0 Å². The van der Waals surface area contributed by atoms with Gasteiger partial charge in [-0.25, -0.2) is 14.8 Å². The topological polar surface area (TPSA) is 102 Å². The molecular weight excluding hydrogens is 398 g/mol. The summed E-state index contributed by atoms with van der Waals surface area (Å²) >= 11 is 0. The molecule has 0 aliphatic carbocycles. The van der Waals surface area contributed by atoms with Gasteiger partial charge in [-0.15, -0.1) is 0 Å². The first-order valence-corrected chi connectivity index (χ1v) is 10.3. The van der Waals surface area contributed by atoms with E-state index < -0.39 is 11.2 Å². The van der Waals surface area contributed by atoms with Crippen molar-refractivity contribution in [1.82, 2.24) is 24.0 Å². The number of likely N-dealkylation sites (tertiary alicyclic amines) is 1. The van der Waals surface area contributed by atoms with Crippen molar-refractivity contribution in [1.29, 1.82) is 0 Å². The van der Waals surface area contributed by atoms with Crippen LogP contribution in [-0.2, 0) is 11.3 Å². The summed E-state index contributed by atoms with van der Waals surface area (Å²) in [5.74, 6) is 0. The summed E-state index contributed by atoms with van der Waals surface area (Å²) in [5, 5.41) is 11.0. The van der Waals surface area contributed by atoms with Crippen molar-refractivity contribution in [2.45, 2.75) is 51.4 Å². The van der Waals surface area contributed by atoms with Gasteiger partial charge in [-0.1, -0.05) is 18.2 Å². The van der Waals surface area contributed by atoms with E-state index in [9.17, 15) is 14.7 Å². The minimum Gasteiger partial charge on any atom is -0.444 e. The third kappa shape index (κ3) is 4.46. The zero-order valence-corrected chi connectivity index (χ0v) is 18.0. The maximum atomic E-state index is 13.0. The zero-order chi connectivity index (χ0) is 22.2. The summed E-state index contributed by atoms with van der Waals surface area (Å²) in [5.41, 5.74) is -0.395. The number of rotatable bonds is 3. The molecule has 9 nitrogen and oxygen atoms in total. The molecule has 0 saturated carbocycles. The molecule has 1 N–H and O–H groups in total. The predicted octanol–water partition coefficient (Wildman–Crippen LogP) is 2.34. The average Bonchev–Trinajstić information content (AvgIpc) is 3.15. The fraction of sp³-hybridized carbons (Fsp3) is 0.455. The molecule has 0 spiro atoms. The first-order chi connectivity index (χ1) is 14.7. The number of fused-ring (bicyclic) bond motifs is 1. The standard InChI is InChI=1S/C22H27N5O4/c1-21(2,3)31-20(29)25-11-9-22(30,10-12-25)13-26-14-24-18-17(19(26)28)23-15-27(18)16-7-5-4-6-8-16/h4-8,14-15,30H,9-13H2,1-3H3. The fourth-order valence-electron chi connectivity index (χ4n) is 3.73. The van der Waals surface area contributed by atoms with Crippen molar-refractivity contribution in [3.8, 4) is 5.69 Å². The molecular formula is C22H27N5O4. The van der Waals surface area contributed by atoms with Gasteiger partial charge in [-0.05, 0) is 45.7 Å². The summed E-state index contributed by atoms with van der Waals surface area (Å²) in [7, 11) is 0. The second kappa shape index (κ2) is 7.81. The Hall–Kier alpha value is -3.20. The van der Waals surface area contributed by atoms with Gasteiger partial charge in [-0.2, -0.15) is 0 Å². The van der Waals surface area contributed by atoms with Gasteiger partial charge in [0.2, 0.25) is 0 Å². The summed E-state index contributed by atoms with van der Waals surface area (Å²) in [6, 6.07) is 9.55. The van der Waals surface area contributed by atoms with Crippen LogP contribution in [0.3, 0.4) is 0 Å². The number of aliphatic hydroxyl groups is 1. The summed E-state index contributed by atoms with van der Waals surface area (Å²) in [6.45, 7) is 6.27. The van der Waals surface area contributed by atoms with Crippen molar-refractivity contribution < 1.29 is 14.6 Å². The molecule has 164 valence electrons. The Kier molecular flexibility index (Phi) is 5.30. The molecule has 3 heterocycles. The lowest BCUT2D eigenvalue weighted by atomic mass is 9.91. The number of para-hydroxylation sites is 1. The number of ether oxygens (including phenoxy) is 1. The molecule has 0 atom stereocenters. The molecule has 1 saturated heterocycles. The van der Waals surface area contributed by atoms with Crippen LogP contribution in [-0.4, -0.2) is 59.5 Å². The SMILES string of the molecule is CC(C)(C)OC(=O)N1CCC(O)(Cn2cnc3c(ncn3-c3ccccc3)c2=O)CC1. The lowest BCUT2D eigenvalue weighted by molar-refractivity contribution is -0.0419. The van der Waals surface area contributed by atoms with E-state index >= 15 is 0 Å². The number of carbonyl (C=O) groups is 1. The van der Waals surface area contributed by atoms with Crippen LogP contribution in [0.15, 0.2) is 47.8 Å². The van der Waals surface area contributed by atoms with Crippen molar-refractivity contribution >= 4 is 17.3 Å². The van der Waals surface area contributed by atoms with Crippen LogP contribution < -0.4 is 5.56 Å². The van der Waals surface area contributed by atoms with E-state index in [-0.39, 0.29) is 23.7 Å². The minimum absolute atomic E-state index is 0.0924. The highest BCUT2D eigenvalue weighted by Gasteiger charge is 2.36. The van der Waals surface area contributed by atoms with Gasteiger partial charge in [0.05, 0.1) is 12.1 Å². The molecule has 1 fully saturated rings. The second-order valence-electron chi connectivity index (χ2n) is 8.99. The minimum atomic E-state index is -1.11. The highest BCUT2D eigenvalue weighted by Crippen LogP contribution is 2.25. The fourth-order valence-corrected chi connectivity index (χ4v) is 3.73. The summed E-state index contributed by atoms with van der Waals surface area (Å²) in [4.78, 5) is 35.5. The van der Waals surface area contributed by atoms with Gasteiger partial charge in [0.25, 0.3) is 5.56 Å². The molecule has 1 aliphatic rings. The normalized spacial score (nSPS) is 16.5. The van der Waals surface area contributed by atoms with E-state index in [4.69, 9.17) is 4.74 Å². The molecule has 4 rings (SSSR count). The van der Waals surface area contributed by atoms with E-state index in [1.807, 2.05) is 51.1 Å². The van der Waals surface area contributed by atoms with E-state index in [2.05, 4.69) is 9.97 Å². The molecule has 2 aromatic heterocycles. The average molecular weight is 425 g/mol. The van der Waals surface area contributed by atoms with Gasteiger partial charge >= 0.3 is 6.09 Å². The van der Waals surface area contributed by atoms with Gasteiger partial charge in [0.15, 0.2) is 11.2 Å². The van der Waals surface area contributed by atoms with Crippen LogP contribution >= 0.6 is 0 Å². The smallest absolute Gasteiger partial charge is 0.410 e. The van der Waals surface area contributed by atoms with Crippen LogP contribution in [0.25, 0.3) is 16.9 Å². The summed E-state index contributed by atoms with van der Waals surface area (Å²) < 4.78 is 8.55. The molecule has 1 aromatic carbocycles. The quantitative estimate of drug-likeness (QED) is 0.691. The molecule has 0 unspecified atom stereocenters. The number of nitrogens with zero attached hydrogens (tertiary/aromatic N) is 5. The molecule has 1 amide bonds. The number of imidazole rings is 1. The van der Waals surface area contributed by atoms with Crippen LogP contribution in [0.5, 0.6) is 0 Å². The predicted molar refractivity (Wildman–Crippen MR) is 115 cm³/mol. The van der Waals surface area contributed by atoms with Crippen LogP contribution in [0.4, 0.5) is 4.79 Å². The van der Waals surface area contributed by atoms with Gasteiger partial charge in [0.1, 0.15) is 18.3 Å². The van der Waals surface area contributed by atoms with E-state index in [1.54, 1.807) is 15.8 Å². The van der Waals surface area contributed by atoms with Crippen LogP contribution in [0.1, 0.15) is 33.6 Å². The van der Waals surface area contributed by atoms with Gasteiger partial charge in [0, 0.05) is 18.8 Å². The van der Waals surface area contributed by atoms with Gasteiger partial charge in [-0.3, -0.25) is 13.9 Å². The Bertz CT molecular complexity index is 1140. The molecule has 9 heteroatoms. The number of piperidine rings is 1. The van der Waals surface area contributed by atoms with Crippen molar-refractivity contribution in [3.05, 3.63) is 53.3 Å². The zero-order valence-electron chi connectivity index (χ0n) is 18.0. The Balaban J connectivity index is 1.50. The molecule has 0 radical (unpaired) electrons. The Morgan fingerprint density at radius 1 is 1.13 bits per heavy atom. The third-order valence-electron chi connectivity index (χ3n) is 5.37.